The molecule has 122 valence electrons. The van der Waals surface area contributed by atoms with Crippen molar-refractivity contribution in [3.63, 3.8) is 0 Å². The van der Waals surface area contributed by atoms with E-state index in [4.69, 9.17) is 49.7 Å². The number of H-pyrrole nitrogens is 1. The number of pyridine rings is 1. The molecule has 0 aliphatic heterocycles. The van der Waals surface area contributed by atoms with Crippen molar-refractivity contribution in [1.82, 2.24) is 5.32 Å². The Morgan fingerprint density at radius 1 is 1.30 bits per heavy atom. The van der Waals surface area contributed by atoms with Gasteiger partial charge in [0.2, 0.25) is 0 Å². The standard InChI is InChI=1S/C13H10Cl3N3O4/c14-8-10(17)9(15)12(16)19-11(8)13(21)23-5-7(20)18-4-6-2-1-3-22-6/h1-3H,4-5H2,(H2,17,19)(H,18,20)/p+1. The molecule has 7 nitrogen and oxygen atoms in total. The van der Waals surface area contributed by atoms with Crippen LogP contribution in [0.3, 0.4) is 0 Å². The average Bonchev–Trinajstić information content (AvgIpc) is 3.05. The molecular weight excluding hydrogens is 369 g/mol. The highest BCUT2D eigenvalue weighted by molar-refractivity contribution is 6.45. The highest BCUT2D eigenvalue weighted by Gasteiger charge is 2.27. The van der Waals surface area contributed by atoms with Crippen LogP contribution in [0.5, 0.6) is 0 Å². The van der Waals surface area contributed by atoms with E-state index in [9.17, 15) is 9.59 Å². The number of ether oxygens (including phenoxy) is 1. The second-order valence-electron chi connectivity index (χ2n) is 4.29. The zero-order valence-electron chi connectivity index (χ0n) is 11.5. The molecule has 10 heteroatoms. The summed E-state index contributed by atoms with van der Waals surface area (Å²) in [7, 11) is 0. The molecule has 2 rings (SSSR count). The van der Waals surface area contributed by atoms with Crippen molar-refractivity contribution < 1.29 is 23.7 Å². The van der Waals surface area contributed by atoms with Crippen LogP contribution in [0.15, 0.2) is 22.8 Å². The van der Waals surface area contributed by atoms with Crippen molar-refractivity contribution in [2.24, 2.45) is 0 Å². The number of esters is 1. The van der Waals surface area contributed by atoms with Crippen LogP contribution in [0.1, 0.15) is 16.2 Å². The number of aromatic amines is 1. The number of amides is 1. The second-order valence-corrected chi connectivity index (χ2v) is 5.42. The van der Waals surface area contributed by atoms with Gasteiger partial charge in [-0.05, 0) is 23.7 Å². The molecule has 0 aromatic carbocycles. The van der Waals surface area contributed by atoms with Crippen LogP contribution in [0.2, 0.25) is 15.2 Å². The lowest BCUT2D eigenvalue weighted by atomic mass is 10.3. The van der Waals surface area contributed by atoms with E-state index in [0.29, 0.717) is 5.76 Å². The van der Waals surface area contributed by atoms with Gasteiger partial charge < -0.3 is 20.2 Å². The van der Waals surface area contributed by atoms with Crippen LogP contribution >= 0.6 is 34.8 Å². The Balaban J connectivity index is 1.93. The Bertz CT molecular complexity index is 735. The molecule has 0 aliphatic carbocycles. The number of carbonyl (C=O) groups is 2. The number of rotatable bonds is 5. The third-order valence-corrected chi connectivity index (χ3v) is 3.86. The smallest absolute Gasteiger partial charge is 0.405 e. The number of nitrogen functional groups attached to an aromatic ring is 1. The molecule has 0 unspecified atom stereocenters. The molecule has 23 heavy (non-hydrogen) atoms. The van der Waals surface area contributed by atoms with E-state index in [1.165, 1.54) is 6.26 Å². The molecule has 0 saturated carbocycles. The Morgan fingerprint density at radius 3 is 2.70 bits per heavy atom. The number of hydrogen-bond donors (Lipinski definition) is 2. The first-order valence-corrected chi connectivity index (χ1v) is 7.35. The first-order valence-electron chi connectivity index (χ1n) is 6.21. The van der Waals surface area contributed by atoms with Crippen molar-refractivity contribution in [1.29, 1.82) is 0 Å². The molecule has 4 N–H and O–H groups in total. The van der Waals surface area contributed by atoms with E-state index in [0.717, 1.165) is 0 Å². The van der Waals surface area contributed by atoms with Crippen LogP contribution in [-0.2, 0) is 16.1 Å². The van der Waals surface area contributed by atoms with Gasteiger partial charge in [-0.1, -0.05) is 23.2 Å². The summed E-state index contributed by atoms with van der Waals surface area (Å²) in [5.74, 6) is -0.842. The number of nitrogens with two attached hydrogens (primary N) is 1. The fraction of sp³-hybridized carbons (Fsp3) is 0.154. The van der Waals surface area contributed by atoms with Crippen LogP contribution in [0, 0.1) is 0 Å². The molecule has 0 fully saturated rings. The number of hydrogen-bond acceptors (Lipinski definition) is 5. The molecule has 2 aromatic heterocycles. The zero-order chi connectivity index (χ0) is 17.0. The highest BCUT2D eigenvalue weighted by atomic mass is 35.5. The topological polar surface area (TPSA) is 109 Å². The lowest BCUT2D eigenvalue weighted by Crippen LogP contribution is -2.30. The molecular formula is C13H11Cl3N3O4+. The first kappa shape index (κ1) is 17.4. The first-order chi connectivity index (χ1) is 10.9. The monoisotopic (exact) mass is 378 g/mol. The number of aromatic nitrogens is 1. The van der Waals surface area contributed by atoms with E-state index >= 15 is 0 Å². The third-order valence-electron chi connectivity index (χ3n) is 2.70. The number of anilines is 1. The summed E-state index contributed by atoms with van der Waals surface area (Å²) in [5.41, 5.74) is 5.35. The second kappa shape index (κ2) is 7.54. The van der Waals surface area contributed by atoms with Crippen molar-refractivity contribution in [3.05, 3.63) is 45.0 Å². The number of halogens is 3. The number of carbonyl (C=O) groups excluding carboxylic acids is 2. The third kappa shape index (κ3) is 4.28. The Morgan fingerprint density at radius 2 is 2.04 bits per heavy atom. The summed E-state index contributed by atoms with van der Waals surface area (Å²) in [6, 6.07) is 3.38. The summed E-state index contributed by atoms with van der Waals surface area (Å²) in [4.78, 5) is 26.0. The Labute approximate surface area is 145 Å². The quantitative estimate of drug-likeness (QED) is 0.611. The van der Waals surface area contributed by atoms with Gasteiger partial charge in [0.05, 0.1) is 18.5 Å². The summed E-state index contributed by atoms with van der Waals surface area (Å²) in [5, 5.41) is 2.30. The van der Waals surface area contributed by atoms with Gasteiger partial charge in [0, 0.05) is 0 Å². The van der Waals surface area contributed by atoms with Crippen LogP contribution in [0.25, 0.3) is 0 Å². The van der Waals surface area contributed by atoms with E-state index < -0.39 is 18.5 Å². The van der Waals surface area contributed by atoms with Crippen LogP contribution < -0.4 is 16.0 Å². The van der Waals surface area contributed by atoms with Crippen molar-refractivity contribution >= 4 is 52.4 Å². The van der Waals surface area contributed by atoms with Crippen molar-refractivity contribution in [2.75, 3.05) is 12.3 Å². The van der Waals surface area contributed by atoms with Gasteiger partial charge in [-0.3, -0.25) is 4.79 Å². The molecule has 0 spiro atoms. The van der Waals surface area contributed by atoms with Gasteiger partial charge in [0.25, 0.3) is 11.1 Å². The Hall–Kier alpha value is -1.96. The van der Waals surface area contributed by atoms with E-state index in [2.05, 4.69) is 10.3 Å². The van der Waals surface area contributed by atoms with Gasteiger partial charge in [-0.15, -0.1) is 0 Å². The predicted molar refractivity (Wildman–Crippen MR) is 83.3 cm³/mol. The van der Waals surface area contributed by atoms with Crippen molar-refractivity contribution in [3.8, 4) is 0 Å². The average molecular weight is 380 g/mol. The minimum atomic E-state index is -0.895. The number of furan rings is 1. The summed E-state index contributed by atoms with van der Waals surface area (Å²) < 4.78 is 9.88. The highest BCUT2D eigenvalue weighted by Crippen LogP contribution is 2.32. The van der Waals surface area contributed by atoms with Gasteiger partial charge >= 0.3 is 11.7 Å². The van der Waals surface area contributed by atoms with Gasteiger partial charge in [0.15, 0.2) is 6.61 Å². The molecule has 0 radical (unpaired) electrons. The minimum Gasteiger partial charge on any atom is -0.467 e. The van der Waals surface area contributed by atoms with E-state index in [1.807, 2.05) is 0 Å². The maximum absolute atomic E-state index is 11.9. The maximum Gasteiger partial charge on any atom is 0.405 e. The fourth-order valence-electron chi connectivity index (χ4n) is 1.56. The Kier molecular flexibility index (Phi) is 5.70. The van der Waals surface area contributed by atoms with Crippen LogP contribution in [-0.4, -0.2) is 18.5 Å². The molecule has 2 aromatic rings. The van der Waals surface area contributed by atoms with Gasteiger partial charge in [0.1, 0.15) is 15.8 Å². The molecule has 0 bridgehead atoms. The normalized spacial score (nSPS) is 10.4. The summed E-state index contributed by atoms with van der Waals surface area (Å²) >= 11 is 17.5. The molecule has 1 amide bonds. The van der Waals surface area contributed by atoms with E-state index in [1.54, 1.807) is 12.1 Å². The minimum absolute atomic E-state index is 0.00981. The summed E-state index contributed by atoms with van der Waals surface area (Å²) in [6.45, 7) is -0.333. The van der Waals surface area contributed by atoms with Crippen LogP contribution in [0.4, 0.5) is 5.69 Å². The molecule has 0 atom stereocenters. The van der Waals surface area contributed by atoms with E-state index in [-0.39, 0.29) is 33.1 Å². The lowest BCUT2D eigenvalue weighted by molar-refractivity contribution is -0.380. The molecule has 0 aliphatic rings. The predicted octanol–water partition coefficient (Wildman–Crippen LogP) is 2.11. The fourth-order valence-corrected chi connectivity index (χ4v) is 2.17. The summed E-state index contributed by atoms with van der Waals surface area (Å²) in [6.07, 6.45) is 1.48. The van der Waals surface area contributed by atoms with Gasteiger partial charge in [-0.2, -0.15) is 4.98 Å². The zero-order valence-corrected chi connectivity index (χ0v) is 13.8. The number of nitrogens with one attached hydrogen (secondary N) is 2. The molecule has 0 saturated heterocycles. The molecule has 2 heterocycles. The maximum atomic E-state index is 11.9. The van der Waals surface area contributed by atoms with Crippen molar-refractivity contribution in [2.45, 2.75) is 6.54 Å². The van der Waals surface area contributed by atoms with Gasteiger partial charge in [-0.25, -0.2) is 4.79 Å². The largest absolute Gasteiger partial charge is 0.467 e. The lowest BCUT2D eigenvalue weighted by Gasteiger charge is -2.05. The SMILES string of the molecule is Nc1c(Cl)c(Cl)[nH+]c(C(=O)OCC(=O)NCc2ccco2)c1Cl.